The first-order chi connectivity index (χ1) is 18.2. The van der Waals surface area contributed by atoms with E-state index in [0.29, 0.717) is 13.0 Å². The predicted molar refractivity (Wildman–Crippen MR) is 136 cm³/mol. The number of thiazole rings is 1. The monoisotopic (exact) mass is 540 g/mol. The molecule has 9 nitrogen and oxygen atoms in total. The molecule has 4 heterocycles. The lowest BCUT2D eigenvalue weighted by atomic mass is 9.94. The molecule has 0 spiro atoms. The highest BCUT2D eigenvalue weighted by Crippen LogP contribution is 2.36. The number of hydrogen-bond acceptors (Lipinski definition) is 9. The topological polar surface area (TPSA) is 120 Å². The fraction of sp³-hybridized carbons (Fsp3) is 0.346. The molecule has 38 heavy (non-hydrogen) atoms. The van der Waals surface area contributed by atoms with Gasteiger partial charge in [0.1, 0.15) is 10.7 Å². The molecule has 0 unspecified atom stereocenters. The molecule has 3 aromatic heterocycles. The van der Waals surface area contributed by atoms with Gasteiger partial charge in [-0.05, 0) is 44.7 Å². The second kappa shape index (κ2) is 10.5. The molecule has 1 aliphatic rings. The van der Waals surface area contributed by atoms with Crippen LogP contribution in [0.1, 0.15) is 58.3 Å². The smallest absolute Gasteiger partial charge is 0.388 e. The fourth-order valence-corrected chi connectivity index (χ4v) is 5.44. The zero-order valence-corrected chi connectivity index (χ0v) is 21.6. The molecule has 0 saturated carbocycles. The van der Waals surface area contributed by atoms with Crippen LogP contribution in [0.2, 0.25) is 0 Å². The van der Waals surface area contributed by atoms with Crippen LogP contribution in [0.3, 0.4) is 0 Å². The molecule has 0 aliphatic carbocycles. The van der Waals surface area contributed by atoms with Crippen LogP contribution < -0.4 is 10.5 Å². The van der Waals surface area contributed by atoms with Gasteiger partial charge in [0.05, 0.1) is 11.6 Å². The summed E-state index contributed by atoms with van der Waals surface area (Å²) < 4.78 is 36.6. The number of aryl methyl sites for hydroxylation is 1. The van der Waals surface area contributed by atoms with Crippen LogP contribution >= 0.6 is 11.3 Å². The summed E-state index contributed by atoms with van der Waals surface area (Å²) in [4.78, 5) is 23.9. The summed E-state index contributed by atoms with van der Waals surface area (Å²) >= 11 is 1.49. The molecule has 198 valence electrons. The van der Waals surface area contributed by atoms with Crippen molar-refractivity contribution >= 4 is 17.2 Å². The van der Waals surface area contributed by atoms with E-state index in [4.69, 9.17) is 10.2 Å². The third kappa shape index (κ3) is 5.55. The number of hydrogen-bond donors (Lipinski definition) is 1. The number of pyridine rings is 1. The van der Waals surface area contributed by atoms with E-state index in [-0.39, 0.29) is 35.0 Å². The second-order valence-electron chi connectivity index (χ2n) is 9.43. The predicted octanol–water partition coefficient (Wildman–Crippen LogP) is 4.89. The average Bonchev–Trinajstić information content (AvgIpc) is 3.64. The van der Waals surface area contributed by atoms with E-state index in [1.165, 1.54) is 23.5 Å². The Balaban J connectivity index is 1.45. The van der Waals surface area contributed by atoms with Crippen molar-refractivity contribution in [2.24, 2.45) is 5.73 Å². The Morgan fingerprint density at radius 2 is 2.05 bits per heavy atom. The number of carbonyl (C=O) groups is 1. The number of amides is 1. The molecule has 1 saturated heterocycles. The van der Waals surface area contributed by atoms with Gasteiger partial charge in [0.25, 0.3) is 11.8 Å². The summed E-state index contributed by atoms with van der Waals surface area (Å²) in [7, 11) is 0. The van der Waals surface area contributed by atoms with Crippen LogP contribution in [0.5, 0.6) is 5.88 Å². The van der Waals surface area contributed by atoms with E-state index >= 15 is 0 Å². The number of rotatable bonds is 8. The minimum atomic E-state index is -3.13. The summed E-state index contributed by atoms with van der Waals surface area (Å²) in [5.41, 5.74) is 7.49. The molecule has 1 aromatic carbocycles. The lowest BCUT2D eigenvalue weighted by Gasteiger charge is -2.23. The fourth-order valence-electron chi connectivity index (χ4n) is 4.50. The van der Waals surface area contributed by atoms with Crippen molar-refractivity contribution < 1.29 is 22.7 Å². The molecular weight excluding hydrogens is 514 g/mol. The molecule has 1 fully saturated rings. The summed E-state index contributed by atoms with van der Waals surface area (Å²) in [6.45, 7) is 1.04. The highest BCUT2D eigenvalue weighted by atomic mass is 32.1. The van der Waals surface area contributed by atoms with Crippen LogP contribution in [0, 0.1) is 6.92 Å². The highest BCUT2D eigenvalue weighted by molar-refractivity contribution is 7.09. The number of nitrogens with zero attached hydrogens (tertiary/aromatic N) is 5. The van der Waals surface area contributed by atoms with Crippen molar-refractivity contribution in [3.63, 3.8) is 0 Å². The Labute approximate surface area is 221 Å². The van der Waals surface area contributed by atoms with E-state index < -0.39 is 18.0 Å². The van der Waals surface area contributed by atoms with Crippen molar-refractivity contribution in [3.05, 3.63) is 75.6 Å². The van der Waals surface area contributed by atoms with Crippen molar-refractivity contribution in [1.29, 1.82) is 0 Å². The minimum Gasteiger partial charge on any atom is -0.417 e. The molecular formula is C26H26F2N6O3S. The number of halogens is 2. The normalized spacial score (nSPS) is 17.1. The van der Waals surface area contributed by atoms with Crippen LogP contribution in [0.15, 0.2) is 52.3 Å². The van der Waals surface area contributed by atoms with E-state index in [2.05, 4.69) is 24.9 Å². The first-order valence-electron chi connectivity index (χ1n) is 12.1. The van der Waals surface area contributed by atoms with Crippen molar-refractivity contribution in [2.45, 2.75) is 51.3 Å². The van der Waals surface area contributed by atoms with Crippen molar-refractivity contribution in [1.82, 2.24) is 25.1 Å². The van der Waals surface area contributed by atoms with Crippen LogP contribution in [0.4, 0.5) is 8.78 Å². The molecule has 2 N–H and O–H groups in total. The molecule has 0 bridgehead atoms. The van der Waals surface area contributed by atoms with Gasteiger partial charge in [-0.25, -0.2) is 9.97 Å². The van der Waals surface area contributed by atoms with Gasteiger partial charge in [0.2, 0.25) is 11.8 Å². The van der Waals surface area contributed by atoms with E-state index in [1.54, 1.807) is 11.8 Å². The SMILES string of the molecule is Cc1csc([C@H]2CCCN2C(=O)c2cc(OC(F)F)nc(-c3nnc([C@](C)(N)Cc4ccccc4)o3)c2)n1. The summed E-state index contributed by atoms with van der Waals surface area (Å²) in [5.74, 6) is -0.700. The Kier molecular flexibility index (Phi) is 7.17. The van der Waals surface area contributed by atoms with E-state index in [0.717, 1.165) is 29.1 Å². The maximum Gasteiger partial charge on any atom is 0.388 e. The number of ether oxygens (including phenoxy) is 1. The lowest BCUT2D eigenvalue weighted by Crippen LogP contribution is -2.35. The second-order valence-corrected chi connectivity index (χ2v) is 10.3. The summed E-state index contributed by atoms with van der Waals surface area (Å²) in [5, 5.41) is 10.9. The Morgan fingerprint density at radius 1 is 1.26 bits per heavy atom. The first kappa shape index (κ1) is 25.9. The van der Waals surface area contributed by atoms with Crippen LogP contribution in [-0.2, 0) is 12.0 Å². The third-order valence-electron chi connectivity index (χ3n) is 6.24. The van der Waals surface area contributed by atoms with Gasteiger partial charge < -0.3 is 19.8 Å². The molecule has 1 aliphatic heterocycles. The Morgan fingerprint density at radius 3 is 2.76 bits per heavy atom. The number of aromatic nitrogens is 4. The number of carbonyl (C=O) groups excluding carboxylic acids is 1. The van der Waals surface area contributed by atoms with Crippen LogP contribution in [-0.4, -0.2) is 44.1 Å². The minimum absolute atomic E-state index is 0.0293. The number of benzene rings is 1. The average molecular weight is 541 g/mol. The largest absolute Gasteiger partial charge is 0.417 e. The van der Waals surface area contributed by atoms with Crippen molar-refractivity contribution in [3.8, 4) is 17.5 Å². The molecule has 2 atom stereocenters. The molecule has 12 heteroatoms. The standard InChI is InChI=1S/C26H26F2N6O3S/c1-15-14-38-22(30-15)19-9-6-10-34(19)23(35)17-11-18(31-20(12-17)36-25(27)28)21-32-33-24(37-21)26(2,29)13-16-7-4-3-5-8-16/h3-5,7-8,11-12,14,19,25H,6,9-10,13,29H2,1-2H3/t19-,26-/m1/s1. The molecule has 4 aromatic rings. The third-order valence-corrected chi connectivity index (χ3v) is 7.30. The highest BCUT2D eigenvalue weighted by Gasteiger charge is 2.34. The number of alkyl halides is 2. The summed E-state index contributed by atoms with van der Waals surface area (Å²) in [6, 6.07) is 12.0. The number of nitrogens with two attached hydrogens (primary N) is 1. The van der Waals surface area contributed by atoms with Gasteiger partial charge in [-0.1, -0.05) is 30.3 Å². The van der Waals surface area contributed by atoms with Gasteiger partial charge in [-0.15, -0.1) is 21.5 Å². The summed E-state index contributed by atoms with van der Waals surface area (Å²) in [6.07, 6.45) is 1.99. The number of likely N-dealkylation sites (tertiary alicyclic amines) is 1. The Hall–Kier alpha value is -3.77. The molecule has 1 amide bonds. The van der Waals surface area contributed by atoms with Gasteiger partial charge in [0, 0.05) is 29.2 Å². The van der Waals surface area contributed by atoms with E-state index in [9.17, 15) is 13.6 Å². The van der Waals surface area contributed by atoms with Crippen LogP contribution in [0.25, 0.3) is 11.6 Å². The van der Waals surface area contributed by atoms with Gasteiger partial charge in [-0.3, -0.25) is 4.79 Å². The van der Waals surface area contributed by atoms with Gasteiger partial charge in [0.15, 0.2) is 0 Å². The zero-order chi connectivity index (χ0) is 26.9. The lowest BCUT2D eigenvalue weighted by molar-refractivity contribution is -0.0528. The van der Waals surface area contributed by atoms with Gasteiger partial charge >= 0.3 is 6.61 Å². The molecule has 5 rings (SSSR count). The quantitative estimate of drug-likeness (QED) is 0.335. The van der Waals surface area contributed by atoms with Crippen molar-refractivity contribution in [2.75, 3.05) is 6.54 Å². The molecule has 0 radical (unpaired) electrons. The Bertz CT molecular complexity index is 1430. The maximum absolute atomic E-state index is 13.6. The first-order valence-corrected chi connectivity index (χ1v) is 12.9. The maximum atomic E-state index is 13.6. The zero-order valence-electron chi connectivity index (χ0n) is 20.8. The van der Waals surface area contributed by atoms with Gasteiger partial charge in [-0.2, -0.15) is 8.78 Å². The van der Waals surface area contributed by atoms with E-state index in [1.807, 2.05) is 42.6 Å².